The van der Waals surface area contributed by atoms with Crippen molar-refractivity contribution < 1.29 is 42.0 Å². The third-order valence-corrected chi connectivity index (χ3v) is 4.97. The number of carboxylic acids is 1. The molecular formula is C25H28F3N5O6. The minimum Gasteiger partial charge on any atom is -0.491 e. The van der Waals surface area contributed by atoms with Crippen molar-refractivity contribution in [2.75, 3.05) is 51.5 Å². The molecule has 0 radical (unpaired) electrons. The Bertz CT molecular complexity index is 1170. The van der Waals surface area contributed by atoms with Gasteiger partial charge < -0.3 is 34.7 Å². The van der Waals surface area contributed by atoms with Gasteiger partial charge in [0.05, 0.1) is 33.0 Å². The van der Waals surface area contributed by atoms with Crippen LogP contribution in [0.5, 0.6) is 11.5 Å². The molecule has 3 N–H and O–H groups in total. The van der Waals surface area contributed by atoms with Gasteiger partial charge in [-0.25, -0.2) is 14.8 Å². The number of anilines is 1. The number of fused-ring (bicyclic) bond motifs is 14. The Hall–Kier alpha value is -4.17. The number of guanidine groups is 2. The summed E-state index contributed by atoms with van der Waals surface area (Å²) in [7, 11) is 0. The molecular weight excluding hydrogens is 523 g/mol. The Kier molecular flexibility index (Phi) is 11.1. The molecule has 0 saturated carbocycles. The normalized spacial score (nSPS) is 17.3. The van der Waals surface area contributed by atoms with Crippen molar-refractivity contribution in [3.63, 3.8) is 0 Å². The van der Waals surface area contributed by atoms with E-state index in [-0.39, 0.29) is 43.0 Å². The second kappa shape index (κ2) is 14.7. The average Bonchev–Trinajstić information content (AvgIpc) is 2.90. The molecule has 0 saturated heterocycles. The summed E-state index contributed by atoms with van der Waals surface area (Å²) < 4.78 is 60.8. The number of alkyl halides is 3. The van der Waals surface area contributed by atoms with Gasteiger partial charge in [-0.1, -0.05) is 12.1 Å². The lowest BCUT2D eigenvalue weighted by molar-refractivity contribution is -0.122. The maximum Gasteiger partial charge on any atom is 0.405 e. The number of rotatable bonds is 2. The molecule has 0 atom stereocenters. The minimum absolute atomic E-state index is 0.0167. The van der Waals surface area contributed by atoms with E-state index in [2.05, 4.69) is 32.3 Å². The molecule has 4 rings (SSSR count). The highest BCUT2D eigenvalue weighted by atomic mass is 19.4. The molecule has 0 amide bonds. The fourth-order valence-corrected chi connectivity index (χ4v) is 3.15. The number of carbonyl (C=O) groups is 1. The number of benzene rings is 2. The average molecular weight is 552 g/mol. The molecule has 2 aromatic carbocycles. The third kappa shape index (κ3) is 10.6. The van der Waals surface area contributed by atoms with Crippen LogP contribution in [0.25, 0.3) is 0 Å². The lowest BCUT2D eigenvalue weighted by Gasteiger charge is -2.13. The summed E-state index contributed by atoms with van der Waals surface area (Å²) in [6, 6.07) is 11.0. The summed E-state index contributed by atoms with van der Waals surface area (Å²) in [5, 5.41) is 14.4. The van der Waals surface area contributed by atoms with Gasteiger partial charge in [0.15, 0.2) is 0 Å². The SMILES string of the molecule is C=N/C1=N\C(NCC(F)(F)F)=NCc2ccc(cc2)OCCOCCOCCOc2cc(ccc2C(=O)O)N1. The third-order valence-electron chi connectivity index (χ3n) is 4.97. The van der Waals surface area contributed by atoms with E-state index in [9.17, 15) is 23.1 Å². The Morgan fingerprint density at radius 2 is 1.69 bits per heavy atom. The van der Waals surface area contributed by atoms with E-state index < -0.39 is 18.7 Å². The number of aromatic carboxylic acids is 1. The van der Waals surface area contributed by atoms with Gasteiger partial charge in [0.1, 0.15) is 36.8 Å². The molecule has 2 heterocycles. The van der Waals surface area contributed by atoms with E-state index in [1.807, 2.05) is 0 Å². The molecule has 2 aliphatic heterocycles. The highest BCUT2D eigenvalue weighted by Crippen LogP contribution is 2.24. The Morgan fingerprint density at radius 1 is 1.03 bits per heavy atom. The molecule has 0 spiro atoms. The summed E-state index contributed by atoms with van der Waals surface area (Å²) in [5.41, 5.74) is 0.904. The number of nitrogens with one attached hydrogen (secondary N) is 2. The zero-order valence-electron chi connectivity index (χ0n) is 20.9. The van der Waals surface area contributed by atoms with Crippen molar-refractivity contribution in [2.24, 2.45) is 15.0 Å². The van der Waals surface area contributed by atoms with E-state index in [4.69, 9.17) is 18.9 Å². The summed E-state index contributed by atoms with van der Waals surface area (Å²) in [4.78, 5) is 23.5. The zero-order chi connectivity index (χ0) is 28.1. The van der Waals surface area contributed by atoms with Crippen LogP contribution in [0.3, 0.4) is 0 Å². The second-order valence-electron chi connectivity index (χ2n) is 7.91. The molecule has 11 nitrogen and oxygen atoms in total. The standard InChI is InChI=1S/C25H28F3N5O6/c1-29-23-32-18-4-7-20(22(34)35)21(14-18)39-13-11-37-9-8-36-10-12-38-19-5-2-17(3-6-19)15-30-24(33-23)31-16-25(26,27)28/h2-7,14H,1,8-13,15-16H2,(H,34,35)(H2,30,31,32,33). The van der Waals surface area contributed by atoms with Gasteiger partial charge >= 0.3 is 12.1 Å². The number of hydrogen-bond acceptors (Lipinski definition) is 10. The molecule has 210 valence electrons. The van der Waals surface area contributed by atoms with Crippen LogP contribution in [0.1, 0.15) is 15.9 Å². The predicted octanol–water partition coefficient (Wildman–Crippen LogP) is 3.37. The molecule has 39 heavy (non-hydrogen) atoms. The molecule has 0 aromatic heterocycles. The molecule has 0 unspecified atom stereocenters. The summed E-state index contributed by atoms with van der Waals surface area (Å²) in [6.45, 7) is 3.56. The quantitative estimate of drug-likeness (QED) is 0.382. The molecule has 14 heteroatoms. The van der Waals surface area contributed by atoms with Crippen LogP contribution in [-0.4, -0.2) is 82.1 Å². The van der Waals surface area contributed by atoms with Gasteiger partial charge in [0.25, 0.3) is 0 Å². The van der Waals surface area contributed by atoms with Crippen LogP contribution < -0.4 is 20.1 Å². The van der Waals surface area contributed by atoms with Gasteiger partial charge in [0, 0.05) is 11.8 Å². The summed E-state index contributed by atoms with van der Waals surface area (Å²) in [6.07, 6.45) is -4.52. The lowest BCUT2D eigenvalue weighted by atomic mass is 10.2. The Morgan fingerprint density at radius 3 is 2.33 bits per heavy atom. The van der Waals surface area contributed by atoms with E-state index in [0.29, 0.717) is 43.4 Å². The van der Waals surface area contributed by atoms with Gasteiger partial charge in [-0.15, -0.1) is 0 Å². The van der Waals surface area contributed by atoms with Crippen LogP contribution >= 0.6 is 0 Å². The maximum absolute atomic E-state index is 12.9. The van der Waals surface area contributed by atoms with Crippen molar-refractivity contribution in [1.82, 2.24) is 5.32 Å². The molecule has 0 aliphatic carbocycles. The van der Waals surface area contributed by atoms with Gasteiger partial charge in [-0.2, -0.15) is 18.2 Å². The van der Waals surface area contributed by atoms with Crippen LogP contribution in [-0.2, 0) is 16.0 Å². The maximum atomic E-state index is 12.9. The van der Waals surface area contributed by atoms with Crippen molar-refractivity contribution in [3.05, 3.63) is 53.6 Å². The number of carboxylic acid groups (broad SMARTS) is 1. The first-order chi connectivity index (χ1) is 18.7. The van der Waals surface area contributed by atoms with Crippen LogP contribution in [0.15, 0.2) is 57.4 Å². The molecule has 0 fully saturated rings. The first-order valence-corrected chi connectivity index (χ1v) is 11.8. The predicted molar refractivity (Wildman–Crippen MR) is 138 cm³/mol. The number of ether oxygens (including phenoxy) is 4. The van der Waals surface area contributed by atoms with Crippen molar-refractivity contribution >= 4 is 30.3 Å². The smallest absolute Gasteiger partial charge is 0.405 e. The van der Waals surface area contributed by atoms with Gasteiger partial charge in [-0.05, 0) is 36.5 Å². The van der Waals surface area contributed by atoms with Crippen LogP contribution in [0.4, 0.5) is 18.9 Å². The largest absolute Gasteiger partial charge is 0.491 e. The van der Waals surface area contributed by atoms with Crippen LogP contribution in [0.2, 0.25) is 0 Å². The number of hydrogen-bond donors (Lipinski definition) is 3. The Labute approximate surface area is 222 Å². The highest BCUT2D eigenvalue weighted by molar-refractivity contribution is 6.04. The fraction of sp³-hybridized carbons (Fsp3) is 0.360. The van der Waals surface area contributed by atoms with Crippen molar-refractivity contribution in [1.29, 1.82) is 0 Å². The minimum atomic E-state index is -4.52. The summed E-state index contributed by atoms with van der Waals surface area (Å²) >= 11 is 0. The van der Waals surface area contributed by atoms with E-state index in [0.717, 1.165) is 0 Å². The van der Waals surface area contributed by atoms with Crippen molar-refractivity contribution in [2.45, 2.75) is 12.7 Å². The van der Waals surface area contributed by atoms with Crippen LogP contribution in [0, 0.1) is 0 Å². The monoisotopic (exact) mass is 551 g/mol. The molecule has 2 aromatic rings. The first-order valence-electron chi connectivity index (χ1n) is 11.8. The van der Waals surface area contributed by atoms with Crippen molar-refractivity contribution in [3.8, 4) is 11.5 Å². The van der Waals surface area contributed by atoms with E-state index in [1.54, 1.807) is 24.3 Å². The topological polar surface area (TPSA) is 135 Å². The molecule has 4 bridgehead atoms. The lowest BCUT2D eigenvalue weighted by Crippen LogP contribution is -2.34. The molecule has 2 aliphatic rings. The highest BCUT2D eigenvalue weighted by Gasteiger charge is 2.27. The number of nitrogens with zero attached hydrogens (tertiary/aromatic N) is 3. The van der Waals surface area contributed by atoms with Gasteiger partial charge in [0.2, 0.25) is 11.9 Å². The Balaban J connectivity index is 1.89. The number of aliphatic imine (C=N–C) groups is 3. The second-order valence-corrected chi connectivity index (χ2v) is 7.91. The van der Waals surface area contributed by atoms with E-state index >= 15 is 0 Å². The summed E-state index contributed by atoms with van der Waals surface area (Å²) in [5.74, 6) is -1.09. The zero-order valence-corrected chi connectivity index (χ0v) is 20.9. The fourth-order valence-electron chi connectivity index (χ4n) is 3.15. The van der Waals surface area contributed by atoms with Gasteiger partial charge in [-0.3, -0.25) is 0 Å². The number of halogens is 3. The van der Waals surface area contributed by atoms with E-state index in [1.165, 1.54) is 18.2 Å². The first kappa shape index (κ1) is 29.4.